The Morgan fingerprint density at radius 2 is 2.27 bits per heavy atom. The Kier molecular flexibility index (Phi) is 4.55. The SMILES string of the molecule is CNCCCN1C(=O)CC(=O)NCC1C. The third kappa shape index (κ3) is 3.51. The molecule has 1 aliphatic heterocycles. The molecule has 5 heteroatoms. The second-order valence-electron chi connectivity index (χ2n) is 3.87. The molecule has 0 aliphatic carbocycles. The van der Waals surface area contributed by atoms with Gasteiger partial charge in [0.2, 0.25) is 11.8 Å². The second-order valence-corrected chi connectivity index (χ2v) is 3.87. The van der Waals surface area contributed by atoms with E-state index in [0.29, 0.717) is 6.54 Å². The third-order valence-corrected chi connectivity index (χ3v) is 2.58. The summed E-state index contributed by atoms with van der Waals surface area (Å²) in [6, 6.07) is 0.0980. The number of carbonyl (C=O) groups is 2. The molecule has 0 bridgehead atoms. The molecule has 1 fully saturated rings. The average Bonchev–Trinajstić information content (AvgIpc) is 2.30. The Balaban J connectivity index is 2.50. The van der Waals surface area contributed by atoms with Gasteiger partial charge < -0.3 is 15.5 Å². The first-order chi connectivity index (χ1) is 7.15. The van der Waals surface area contributed by atoms with Crippen LogP contribution in [0.2, 0.25) is 0 Å². The van der Waals surface area contributed by atoms with Crippen molar-refractivity contribution >= 4 is 11.8 Å². The summed E-state index contributed by atoms with van der Waals surface area (Å²) in [5.41, 5.74) is 0. The highest BCUT2D eigenvalue weighted by atomic mass is 16.2. The van der Waals surface area contributed by atoms with E-state index >= 15 is 0 Å². The van der Waals surface area contributed by atoms with E-state index in [1.807, 2.05) is 14.0 Å². The normalized spacial score (nSPS) is 22.5. The molecule has 0 aromatic carbocycles. The molecular formula is C10H19N3O2. The first-order valence-corrected chi connectivity index (χ1v) is 5.36. The lowest BCUT2D eigenvalue weighted by Crippen LogP contribution is -2.41. The summed E-state index contributed by atoms with van der Waals surface area (Å²) in [5, 5.41) is 5.77. The van der Waals surface area contributed by atoms with Crippen LogP contribution in [0, 0.1) is 0 Å². The second kappa shape index (κ2) is 5.70. The number of hydrogen-bond acceptors (Lipinski definition) is 3. The van der Waals surface area contributed by atoms with Gasteiger partial charge in [-0.05, 0) is 26.9 Å². The summed E-state index contributed by atoms with van der Waals surface area (Å²) in [6.45, 7) is 4.13. The van der Waals surface area contributed by atoms with Crippen LogP contribution in [0.4, 0.5) is 0 Å². The highest BCUT2D eigenvalue weighted by Crippen LogP contribution is 2.06. The van der Waals surface area contributed by atoms with E-state index in [1.165, 1.54) is 0 Å². The fourth-order valence-electron chi connectivity index (χ4n) is 1.69. The molecule has 5 nitrogen and oxygen atoms in total. The molecule has 2 amide bonds. The van der Waals surface area contributed by atoms with Crippen molar-refractivity contribution in [1.29, 1.82) is 0 Å². The van der Waals surface area contributed by atoms with Gasteiger partial charge in [-0.15, -0.1) is 0 Å². The van der Waals surface area contributed by atoms with Crippen LogP contribution in [-0.4, -0.2) is 49.4 Å². The van der Waals surface area contributed by atoms with Gasteiger partial charge in [0, 0.05) is 19.1 Å². The molecule has 1 saturated heterocycles. The van der Waals surface area contributed by atoms with E-state index in [0.717, 1.165) is 19.5 Å². The van der Waals surface area contributed by atoms with E-state index in [4.69, 9.17) is 0 Å². The van der Waals surface area contributed by atoms with E-state index in [-0.39, 0.29) is 24.3 Å². The molecule has 0 aromatic rings. The Bertz CT molecular complexity index is 243. The van der Waals surface area contributed by atoms with Gasteiger partial charge >= 0.3 is 0 Å². The van der Waals surface area contributed by atoms with E-state index < -0.39 is 0 Å². The minimum Gasteiger partial charge on any atom is -0.354 e. The minimum absolute atomic E-state index is 0.0100. The van der Waals surface area contributed by atoms with Crippen molar-refractivity contribution in [2.75, 3.05) is 26.7 Å². The molecule has 86 valence electrons. The van der Waals surface area contributed by atoms with Gasteiger partial charge in [-0.2, -0.15) is 0 Å². The maximum Gasteiger partial charge on any atom is 0.232 e. The standard InChI is InChI=1S/C10H19N3O2/c1-8-7-12-9(14)6-10(15)13(8)5-3-4-11-2/h8,11H,3-7H2,1-2H3,(H,12,14). The van der Waals surface area contributed by atoms with Crippen molar-refractivity contribution in [2.45, 2.75) is 25.8 Å². The monoisotopic (exact) mass is 213 g/mol. The number of amides is 2. The van der Waals surface area contributed by atoms with Gasteiger partial charge in [0.05, 0.1) is 0 Å². The van der Waals surface area contributed by atoms with Crippen LogP contribution >= 0.6 is 0 Å². The van der Waals surface area contributed by atoms with Crippen LogP contribution < -0.4 is 10.6 Å². The lowest BCUT2D eigenvalue weighted by Gasteiger charge is -2.26. The van der Waals surface area contributed by atoms with Crippen molar-refractivity contribution in [3.05, 3.63) is 0 Å². The largest absolute Gasteiger partial charge is 0.354 e. The summed E-state index contributed by atoms with van der Waals surface area (Å²) in [6.07, 6.45) is 0.907. The van der Waals surface area contributed by atoms with Gasteiger partial charge in [0.15, 0.2) is 0 Å². The molecule has 0 saturated carbocycles. The minimum atomic E-state index is -0.164. The number of carbonyl (C=O) groups excluding carboxylic acids is 2. The number of nitrogens with one attached hydrogen (secondary N) is 2. The third-order valence-electron chi connectivity index (χ3n) is 2.58. The zero-order valence-electron chi connectivity index (χ0n) is 9.38. The van der Waals surface area contributed by atoms with Crippen molar-refractivity contribution in [2.24, 2.45) is 0 Å². The van der Waals surface area contributed by atoms with Crippen LogP contribution in [-0.2, 0) is 9.59 Å². The zero-order chi connectivity index (χ0) is 11.3. The van der Waals surface area contributed by atoms with E-state index in [1.54, 1.807) is 4.90 Å². The first kappa shape index (κ1) is 12.0. The predicted octanol–water partition coefficient (Wildman–Crippen LogP) is -0.667. The van der Waals surface area contributed by atoms with Gasteiger partial charge in [0.25, 0.3) is 0 Å². The number of rotatable bonds is 4. The molecule has 1 rings (SSSR count). The van der Waals surface area contributed by atoms with Crippen molar-refractivity contribution < 1.29 is 9.59 Å². The quantitative estimate of drug-likeness (QED) is 0.481. The molecule has 15 heavy (non-hydrogen) atoms. The maximum atomic E-state index is 11.7. The Morgan fingerprint density at radius 3 is 2.93 bits per heavy atom. The van der Waals surface area contributed by atoms with Crippen LogP contribution in [0.15, 0.2) is 0 Å². The van der Waals surface area contributed by atoms with Crippen LogP contribution in [0.1, 0.15) is 19.8 Å². The topological polar surface area (TPSA) is 61.4 Å². The molecule has 2 N–H and O–H groups in total. The molecule has 1 unspecified atom stereocenters. The van der Waals surface area contributed by atoms with Gasteiger partial charge in [-0.1, -0.05) is 0 Å². The summed E-state index contributed by atoms with van der Waals surface area (Å²) in [4.78, 5) is 24.6. The Hall–Kier alpha value is -1.10. The predicted molar refractivity (Wildman–Crippen MR) is 57.3 cm³/mol. The maximum absolute atomic E-state index is 11.7. The molecule has 1 atom stereocenters. The molecule has 0 aromatic heterocycles. The lowest BCUT2D eigenvalue weighted by atomic mass is 10.2. The number of hydrogen-bond donors (Lipinski definition) is 2. The van der Waals surface area contributed by atoms with Crippen LogP contribution in [0.5, 0.6) is 0 Å². The van der Waals surface area contributed by atoms with Gasteiger partial charge in [-0.3, -0.25) is 9.59 Å². The van der Waals surface area contributed by atoms with E-state index in [9.17, 15) is 9.59 Å². The zero-order valence-corrected chi connectivity index (χ0v) is 9.38. The number of nitrogens with zero attached hydrogens (tertiary/aromatic N) is 1. The van der Waals surface area contributed by atoms with Crippen molar-refractivity contribution in [3.8, 4) is 0 Å². The molecule has 0 radical (unpaired) electrons. The van der Waals surface area contributed by atoms with Gasteiger partial charge in [-0.25, -0.2) is 0 Å². The highest BCUT2D eigenvalue weighted by molar-refractivity contribution is 5.97. The lowest BCUT2D eigenvalue weighted by molar-refractivity contribution is -0.135. The van der Waals surface area contributed by atoms with Crippen molar-refractivity contribution in [3.63, 3.8) is 0 Å². The smallest absolute Gasteiger partial charge is 0.232 e. The molecule has 1 heterocycles. The fourth-order valence-corrected chi connectivity index (χ4v) is 1.69. The summed E-state index contributed by atoms with van der Waals surface area (Å²) < 4.78 is 0. The summed E-state index contributed by atoms with van der Waals surface area (Å²) in [5.74, 6) is -0.225. The van der Waals surface area contributed by atoms with Crippen LogP contribution in [0.3, 0.4) is 0 Å². The van der Waals surface area contributed by atoms with E-state index in [2.05, 4.69) is 10.6 Å². The van der Waals surface area contributed by atoms with Crippen LogP contribution in [0.25, 0.3) is 0 Å². The summed E-state index contributed by atoms with van der Waals surface area (Å²) >= 11 is 0. The molecule has 0 spiro atoms. The Morgan fingerprint density at radius 1 is 1.53 bits per heavy atom. The van der Waals surface area contributed by atoms with Gasteiger partial charge in [0.1, 0.15) is 6.42 Å². The Labute approximate surface area is 90.2 Å². The molecule has 1 aliphatic rings. The fraction of sp³-hybridized carbons (Fsp3) is 0.800. The summed E-state index contributed by atoms with van der Waals surface area (Å²) in [7, 11) is 1.89. The first-order valence-electron chi connectivity index (χ1n) is 5.36. The van der Waals surface area contributed by atoms with Crippen molar-refractivity contribution in [1.82, 2.24) is 15.5 Å². The average molecular weight is 213 g/mol. The highest BCUT2D eigenvalue weighted by Gasteiger charge is 2.25. The molecular weight excluding hydrogens is 194 g/mol.